The number of hydrogen-bond acceptors (Lipinski definition) is 7. The van der Waals surface area contributed by atoms with Gasteiger partial charge in [0.15, 0.2) is 0 Å². The molecule has 1 amide bonds. The highest BCUT2D eigenvalue weighted by Gasteiger charge is 2.52. The molecule has 316 valence electrons. The summed E-state index contributed by atoms with van der Waals surface area (Å²) >= 11 is 0. The number of aromatic nitrogens is 2. The number of hydrogen-bond donors (Lipinski definition) is 1. The summed E-state index contributed by atoms with van der Waals surface area (Å²) in [6, 6.07) is 51.2. The Labute approximate surface area is 360 Å². The lowest BCUT2D eigenvalue weighted by Gasteiger charge is -2.44. The number of benzene rings is 5. The molecule has 0 aliphatic carbocycles. The number of rotatable bonds is 14. The molecular weight excluding hydrogens is 779 g/mol. The van der Waals surface area contributed by atoms with Crippen molar-refractivity contribution < 1.29 is 23.4 Å². The van der Waals surface area contributed by atoms with Crippen molar-refractivity contribution in [2.45, 2.75) is 77.5 Å². The average molecular weight is 836 g/mol. The van der Waals surface area contributed by atoms with Crippen LogP contribution in [0.1, 0.15) is 83.1 Å². The summed E-state index contributed by atoms with van der Waals surface area (Å²) in [6.07, 6.45) is -0.123. The predicted molar refractivity (Wildman–Crippen MR) is 244 cm³/mol. The molecule has 4 atom stereocenters. The van der Waals surface area contributed by atoms with Crippen molar-refractivity contribution in [3.63, 3.8) is 0 Å². The van der Waals surface area contributed by atoms with E-state index in [-0.39, 0.29) is 29.3 Å². The number of carbonyl (C=O) groups excluding carboxylic acids is 1. The number of methoxy groups -OCH3 is 1. The van der Waals surface area contributed by atoms with Gasteiger partial charge < -0.3 is 24.0 Å². The molecule has 1 aliphatic rings. The fourth-order valence-electron chi connectivity index (χ4n) is 8.35. The number of nitrogens with one attached hydrogen (secondary N) is 1. The minimum absolute atomic E-state index is 0.190. The monoisotopic (exact) mass is 835 g/mol. The second-order valence-corrected chi connectivity index (χ2v) is 22.0. The van der Waals surface area contributed by atoms with Crippen molar-refractivity contribution in [3.8, 4) is 5.75 Å². The van der Waals surface area contributed by atoms with E-state index in [1.807, 2.05) is 93.6 Å². The summed E-state index contributed by atoms with van der Waals surface area (Å²) in [5.74, 6) is 0.378. The van der Waals surface area contributed by atoms with Crippen LogP contribution < -0.4 is 26.1 Å². The Hall–Kier alpha value is -5.65. The second-order valence-electron chi connectivity index (χ2n) is 17.7. The van der Waals surface area contributed by atoms with Gasteiger partial charge in [0, 0.05) is 24.0 Å². The number of anilines is 1. The van der Waals surface area contributed by atoms with Crippen molar-refractivity contribution in [2.75, 3.05) is 19.0 Å². The highest BCUT2D eigenvalue weighted by molar-refractivity contribution is 6.99. The van der Waals surface area contributed by atoms with E-state index in [2.05, 4.69) is 104 Å². The van der Waals surface area contributed by atoms with Crippen LogP contribution in [-0.2, 0) is 18.7 Å². The maximum atomic E-state index is 13.9. The lowest BCUT2D eigenvalue weighted by Crippen LogP contribution is -2.67. The zero-order valence-corrected chi connectivity index (χ0v) is 37.2. The van der Waals surface area contributed by atoms with Gasteiger partial charge in [-0.2, -0.15) is 4.98 Å². The summed E-state index contributed by atoms with van der Waals surface area (Å²) in [6.45, 7) is 12.4. The fraction of sp³-hybridized carbons (Fsp3) is 0.314. The highest BCUT2D eigenvalue weighted by Crippen LogP contribution is 2.47. The molecule has 9 nitrogen and oxygen atoms in total. The first-order valence-electron chi connectivity index (χ1n) is 21.0. The first-order valence-corrected chi connectivity index (χ1v) is 22.9. The van der Waals surface area contributed by atoms with Gasteiger partial charge in [0.1, 0.15) is 23.9 Å². The molecule has 6 aromatic rings. The minimum atomic E-state index is -3.02. The van der Waals surface area contributed by atoms with Gasteiger partial charge in [0.05, 0.1) is 25.9 Å². The SMILES string of the molecule is COc1ccc(C(OC(c2ccccc2)c2ccccc2)C2CC(n3ccc(NC(=O)C(C)(C)C)nc3=O)OC2CO[Si](c2ccccc2)(c2ccccc2)C(C)(C)C)cc1. The molecule has 61 heavy (non-hydrogen) atoms. The molecule has 1 aliphatic heterocycles. The van der Waals surface area contributed by atoms with Crippen LogP contribution in [0.25, 0.3) is 0 Å². The van der Waals surface area contributed by atoms with Crippen LogP contribution in [-0.4, -0.2) is 43.6 Å². The van der Waals surface area contributed by atoms with E-state index in [9.17, 15) is 9.59 Å². The van der Waals surface area contributed by atoms with Gasteiger partial charge in [0.25, 0.3) is 8.32 Å². The van der Waals surface area contributed by atoms with Gasteiger partial charge in [-0.05, 0) is 50.3 Å². The Kier molecular flexibility index (Phi) is 13.2. The quantitative estimate of drug-likeness (QED) is 0.109. The maximum absolute atomic E-state index is 13.9. The normalized spacial score (nSPS) is 17.5. The first kappa shape index (κ1) is 43.4. The van der Waals surface area contributed by atoms with Crippen LogP contribution in [0.15, 0.2) is 163 Å². The van der Waals surface area contributed by atoms with Crippen LogP contribution in [0.5, 0.6) is 5.75 Å². The first-order chi connectivity index (χ1) is 29.3. The molecule has 0 saturated carbocycles. The summed E-state index contributed by atoms with van der Waals surface area (Å²) in [7, 11) is -1.36. The summed E-state index contributed by atoms with van der Waals surface area (Å²) in [5.41, 5.74) is 1.77. The topological polar surface area (TPSA) is 101 Å². The molecule has 4 unspecified atom stereocenters. The third-order valence-electron chi connectivity index (χ3n) is 11.5. The molecule has 1 saturated heterocycles. The maximum Gasteiger partial charge on any atom is 0.351 e. The molecule has 0 radical (unpaired) electrons. The van der Waals surface area contributed by atoms with E-state index < -0.39 is 44.0 Å². The fourth-order valence-corrected chi connectivity index (χ4v) is 12.9. The van der Waals surface area contributed by atoms with E-state index in [0.29, 0.717) is 6.42 Å². The van der Waals surface area contributed by atoms with Gasteiger partial charge in [-0.1, -0.05) is 175 Å². The molecule has 0 bridgehead atoms. The molecule has 10 heteroatoms. The average Bonchev–Trinajstić information content (AvgIpc) is 3.68. The minimum Gasteiger partial charge on any atom is -0.497 e. The van der Waals surface area contributed by atoms with Crippen LogP contribution in [0.4, 0.5) is 5.82 Å². The van der Waals surface area contributed by atoms with Crippen molar-refractivity contribution in [1.29, 1.82) is 0 Å². The third-order valence-corrected chi connectivity index (χ3v) is 16.6. The molecule has 1 N–H and O–H groups in total. The van der Waals surface area contributed by atoms with Gasteiger partial charge in [-0.3, -0.25) is 9.36 Å². The van der Waals surface area contributed by atoms with E-state index in [0.717, 1.165) is 32.8 Å². The lowest BCUT2D eigenvalue weighted by atomic mass is 9.88. The zero-order valence-electron chi connectivity index (χ0n) is 36.2. The Morgan fingerprint density at radius 1 is 0.754 bits per heavy atom. The Morgan fingerprint density at radius 2 is 1.28 bits per heavy atom. The second kappa shape index (κ2) is 18.5. The van der Waals surface area contributed by atoms with Crippen LogP contribution in [0, 0.1) is 11.3 Å². The van der Waals surface area contributed by atoms with Gasteiger partial charge >= 0.3 is 5.69 Å². The van der Waals surface area contributed by atoms with Crippen LogP contribution in [0.3, 0.4) is 0 Å². The van der Waals surface area contributed by atoms with Crippen molar-refractivity contribution in [1.82, 2.24) is 9.55 Å². The molecule has 1 aromatic heterocycles. The van der Waals surface area contributed by atoms with Crippen molar-refractivity contribution in [2.24, 2.45) is 11.3 Å². The predicted octanol–water partition coefficient (Wildman–Crippen LogP) is 9.26. The Morgan fingerprint density at radius 3 is 1.75 bits per heavy atom. The largest absolute Gasteiger partial charge is 0.497 e. The zero-order chi connectivity index (χ0) is 43.2. The summed E-state index contributed by atoms with van der Waals surface area (Å²) in [4.78, 5) is 31.0. The molecule has 0 spiro atoms. The number of amides is 1. The van der Waals surface area contributed by atoms with E-state index in [1.54, 1.807) is 19.4 Å². The van der Waals surface area contributed by atoms with Crippen LogP contribution >= 0.6 is 0 Å². The summed E-state index contributed by atoms with van der Waals surface area (Å²) in [5, 5.41) is 4.82. The number of ether oxygens (including phenoxy) is 3. The standard InChI is InChI=1S/C51H57N3O6Si/c1-50(2,3)48(55)52-44-32-33-54(49(56)53-44)45-34-42(43(59-45)35-58-61(51(4,5)6,40-24-16-10-17-25-40)41-26-18-11-19-27-41)47(38-28-30-39(57-7)31-29-38)60-46(36-20-12-8-13-21-36)37-22-14-9-15-23-37/h8-33,42-43,45-47H,34-35H2,1-7H3,(H,52,53,55,56). The molecule has 2 heterocycles. The van der Waals surface area contributed by atoms with E-state index in [4.69, 9.17) is 18.6 Å². The Bertz CT molecular complexity index is 2320. The third kappa shape index (κ3) is 9.63. The van der Waals surface area contributed by atoms with E-state index in [1.165, 1.54) is 4.57 Å². The smallest absolute Gasteiger partial charge is 0.351 e. The van der Waals surface area contributed by atoms with Gasteiger partial charge in [-0.15, -0.1) is 0 Å². The van der Waals surface area contributed by atoms with Crippen LogP contribution in [0.2, 0.25) is 5.04 Å². The van der Waals surface area contributed by atoms with Crippen molar-refractivity contribution >= 4 is 30.4 Å². The lowest BCUT2D eigenvalue weighted by molar-refractivity contribution is -0.123. The molecule has 1 fully saturated rings. The molecular formula is C51H57N3O6Si. The number of carbonyl (C=O) groups is 1. The van der Waals surface area contributed by atoms with E-state index >= 15 is 0 Å². The molecule has 7 rings (SSSR count). The molecule has 5 aromatic carbocycles. The van der Waals surface area contributed by atoms with Gasteiger partial charge in [0.2, 0.25) is 5.91 Å². The highest BCUT2D eigenvalue weighted by atomic mass is 28.4. The van der Waals surface area contributed by atoms with Crippen molar-refractivity contribution in [3.05, 3.63) is 185 Å². The Balaban J connectivity index is 1.34. The van der Waals surface area contributed by atoms with Gasteiger partial charge in [-0.25, -0.2) is 4.79 Å². The summed E-state index contributed by atoms with van der Waals surface area (Å²) < 4.78 is 29.2. The number of nitrogens with zero attached hydrogens (tertiary/aromatic N) is 2.